The number of aromatic nitrogens is 1. The number of para-hydroxylation sites is 1. The smallest absolute Gasteiger partial charge is 0.199 e. The van der Waals surface area contributed by atoms with Crippen LogP contribution in [-0.4, -0.2) is 30.1 Å². The predicted molar refractivity (Wildman–Crippen MR) is 94.4 cm³/mol. The third kappa shape index (κ3) is 2.89. The van der Waals surface area contributed by atoms with E-state index in [0.717, 1.165) is 48.8 Å². The second kappa shape index (κ2) is 6.29. The highest BCUT2D eigenvalue weighted by Gasteiger charge is 2.28. The zero-order valence-corrected chi connectivity index (χ0v) is 14.2. The number of methoxy groups -OCH3 is 1. The lowest BCUT2D eigenvalue weighted by Crippen LogP contribution is -2.20. The summed E-state index contributed by atoms with van der Waals surface area (Å²) in [6.45, 7) is 5.02. The molecule has 0 radical (unpaired) electrons. The molecule has 2 aromatic carbocycles. The molecule has 1 saturated heterocycles. The Morgan fingerprint density at radius 3 is 3.00 bits per heavy atom. The van der Waals surface area contributed by atoms with Crippen LogP contribution in [0, 0.1) is 6.92 Å². The Kier molecular flexibility index (Phi) is 3.98. The number of oxazole rings is 1. The molecular weight excluding hydrogens is 300 g/mol. The highest BCUT2D eigenvalue weighted by molar-refractivity contribution is 5.73. The van der Waals surface area contributed by atoms with Crippen molar-refractivity contribution < 1.29 is 9.15 Å². The second-order valence-electron chi connectivity index (χ2n) is 6.56. The Bertz CT molecular complexity index is 856. The minimum atomic E-state index is 0.368. The first-order chi connectivity index (χ1) is 11.7. The molecule has 0 spiro atoms. The van der Waals surface area contributed by atoms with Crippen LogP contribution in [0.4, 0.5) is 0 Å². The Balaban J connectivity index is 1.49. The molecule has 2 heterocycles. The molecule has 1 unspecified atom stereocenters. The summed E-state index contributed by atoms with van der Waals surface area (Å²) >= 11 is 0. The van der Waals surface area contributed by atoms with Gasteiger partial charge in [-0.25, -0.2) is 4.98 Å². The summed E-state index contributed by atoms with van der Waals surface area (Å²) < 4.78 is 11.4. The zero-order chi connectivity index (χ0) is 16.5. The molecule has 24 heavy (non-hydrogen) atoms. The third-order valence-electron chi connectivity index (χ3n) is 4.77. The maximum atomic E-state index is 5.99. The fourth-order valence-corrected chi connectivity index (χ4v) is 3.48. The van der Waals surface area contributed by atoms with E-state index < -0.39 is 0 Å². The number of likely N-dealkylation sites (tertiary alicyclic amines) is 1. The van der Waals surface area contributed by atoms with Crippen molar-refractivity contribution in [3.8, 4) is 5.75 Å². The van der Waals surface area contributed by atoms with Gasteiger partial charge in [0, 0.05) is 24.6 Å². The van der Waals surface area contributed by atoms with E-state index in [9.17, 15) is 0 Å². The molecular formula is C20H22N2O2. The maximum Gasteiger partial charge on any atom is 0.199 e. The van der Waals surface area contributed by atoms with Crippen LogP contribution in [0.15, 0.2) is 46.9 Å². The molecule has 0 bridgehead atoms. The maximum absolute atomic E-state index is 5.99. The van der Waals surface area contributed by atoms with Crippen LogP contribution in [0.25, 0.3) is 11.1 Å². The molecule has 4 heteroatoms. The number of fused-ring (bicyclic) bond motifs is 1. The Labute approximate surface area is 142 Å². The van der Waals surface area contributed by atoms with E-state index in [4.69, 9.17) is 14.1 Å². The van der Waals surface area contributed by atoms with E-state index in [0.29, 0.717) is 5.92 Å². The van der Waals surface area contributed by atoms with Gasteiger partial charge in [0.2, 0.25) is 0 Å². The van der Waals surface area contributed by atoms with Gasteiger partial charge in [0.05, 0.1) is 7.11 Å². The number of ether oxygens (including phenoxy) is 1. The molecule has 1 aromatic heterocycles. The molecule has 0 amide bonds. The van der Waals surface area contributed by atoms with Crippen molar-refractivity contribution in [2.45, 2.75) is 25.8 Å². The van der Waals surface area contributed by atoms with E-state index in [2.05, 4.69) is 36.1 Å². The van der Waals surface area contributed by atoms with Gasteiger partial charge in [-0.1, -0.05) is 24.3 Å². The first-order valence-electron chi connectivity index (χ1n) is 8.44. The summed E-state index contributed by atoms with van der Waals surface area (Å²) in [4.78, 5) is 7.16. The summed E-state index contributed by atoms with van der Waals surface area (Å²) in [5, 5.41) is 0. The first kappa shape index (κ1) is 15.2. The minimum absolute atomic E-state index is 0.368. The lowest BCUT2D eigenvalue weighted by Gasteiger charge is -2.17. The number of rotatable bonds is 4. The Morgan fingerprint density at radius 2 is 2.12 bits per heavy atom. The van der Waals surface area contributed by atoms with Crippen LogP contribution in [0.3, 0.4) is 0 Å². The largest absolute Gasteiger partial charge is 0.496 e. The van der Waals surface area contributed by atoms with Gasteiger partial charge in [-0.05, 0) is 43.7 Å². The molecule has 1 aliphatic heterocycles. The summed E-state index contributed by atoms with van der Waals surface area (Å²) in [5.41, 5.74) is 4.30. The second-order valence-corrected chi connectivity index (χ2v) is 6.56. The van der Waals surface area contributed by atoms with Gasteiger partial charge in [-0.3, -0.25) is 4.90 Å². The summed E-state index contributed by atoms with van der Waals surface area (Å²) in [7, 11) is 1.73. The van der Waals surface area contributed by atoms with E-state index >= 15 is 0 Å². The van der Waals surface area contributed by atoms with Crippen molar-refractivity contribution in [3.63, 3.8) is 0 Å². The van der Waals surface area contributed by atoms with E-state index in [1.807, 2.05) is 18.2 Å². The van der Waals surface area contributed by atoms with Crippen molar-refractivity contribution in [2.24, 2.45) is 0 Å². The topological polar surface area (TPSA) is 38.5 Å². The van der Waals surface area contributed by atoms with E-state index in [1.54, 1.807) is 7.11 Å². The molecule has 1 fully saturated rings. The molecule has 124 valence electrons. The fourth-order valence-electron chi connectivity index (χ4n) is 3.48. The van der Waals surface area contributed by atoms with Gasteiger partial charge in [-0.2, -0.15) is 0 Å². The molecule has 3 aromatic rings. The summed E-state index contributed by atoms with van der Waals surface area (Å²) in [6.07, 6.45) is 1.08. The summed E-state index contributed by atoms with van der Waals surface area (Å²) in [6, 6.07) is 14.4. The third-order valence-corrected chi connectivity index (χ3v) is 4.77. The van der Waals surface area contributed by atoms with Crippen molar-refractivity contribution in [2.75, 3.05) is 20.2 Å². The Hall–Kier alpha value is -2.33. The van der Waals surface area contributed by atoms with Crippen molar-refractivity contribution in [1.29, 1.82) is 0 Å². The molecule has 0 saturated carbocycles. The van der Waals surface area contributed by atoms with Crippen molar-refractivity contribution in [3.05, 3.63) is 59.5 Å². The van der Waals surface area contributed by atoms with Crippen LogP contribution in [0.2, 0.25) is 0 Å². The number of hydrogen-bond donors (Lipinski definition) is 0. The molecule has 0 N–H and O–H groups in total. The highest BCUT2D eigenvalue weighted by Crippen LogP contribution is 2.31. The normalized spacial score (nSPS) is 18.3. The lowest BCUT2D eigenvalue weighted by molar-refractivity contribution is 0.312. The number of aryl methyl sites for hydroxylation is 1. The fraction of sp³-hybridized carbons (Fsp3) is 0.350. The quantitative estimate of drug-likeness (QED) is 0.724. The molecule has 0 aliphatic carbocycles. The first-order valence-corrected chi connectivity index (χ1v) is 8.44. The zero-order valence-electron chi connectivity index (χ0n) is 14.2. The van der Waals surface area contributed by atoms with Crippen molar-refractivity contribution >= 4 is 11.1 Å². The molecule has 1 atom stereocenters. The standard InChI is InChI=1S/C20H22N2O2/c1-14-7-8-19-17(11-14)21-20(24-19)16-9-10-22(13-16)12-15-5-3-4-6-18(15)23-2/h3-8,11,16H,9-10,12-13H2,1-2H3. The summed E-state index contributed by atoms with van der Waals surface area (Å²) in [5.74, 6) is 2.20. The average molecular weight is 322 g/mol. The van der Waals surface area contributed by atoms with Crippen LogP contribution in [0.5, 0.6) is 5.75 Å². The minimum Gasteiger partial charge on any atom is -0.496 e. The van der Waals surface area contributed by atoms with Gasteiger partial charge in [0.25, 0.3) is 0 Å². The Morgan fingerprint density at radius 1 is 1.25 bits per heavy atom. The average Bonchev–Trinajstić information content (AvgIpc) is 3.21. The van der Waals surface area contributed by atoms with Gasteiger partial charge in [-0.15, -0.1) is 0 Å². The number of hydrogen-bond acceptors (Lipinski definition) is 4. The van der Waals surface area contributed by atoms with Gasteiger partial charge in [0.1, 0.15) is 11.3 Å². The van der Waals surface area contributed by atoms with Gasteiger partial charge >= 0.3 is 0 Å². The van der Waals surface area contributed by atoms with Crippen LogP contribution < -0.4 is 4.74 Å². The SMILES string of the molecule is COc1ccccc1CN1CCC(c2nc3cc(C)ccc3o2)C1. The molecule has 4 rings (SSSR count). The van der Waals surface area contributed by atoms with Gasteiger partial charge < -0.3 is 9.15 Å². The van der Waals surface area contributed by atoms with E-state index in [1.165, 1.54) is 11.1 Å². The number of nitrogens with zero attached hydrogens (tertiary/aromatic N) is 2. The molecule has 4 nitrogen and oxygen atoms in total. The molecule has 1 aliphatic rings. The predicted octanol–water partition coefficient (Wildman–Crippen LogP) is 4.13. The van der Waals surface area contributed by atoms with Crippen LogP contribution in [0.1, 0.15) is 29.4 Å². The lowest BCUT2D eigenvalue weighted by atomic mass is 10.1. The number of benzene rings is 2. The van der Waals surface area contributed by atoms with Gasteiger partial charge in [0.15, 0.2) is 11.5 Å². The highest BCUT2D eigenvalue weighted by atomic mass is 16.5. The van der Waals surface area contributed by atoms with E-state index in [-0.39, 0.29) is 0 Å². The monoisotopic (exact) mass is 322 g/mol. The van der Waals surface area contributed by atoms with Crippen molar-refractivity contribution in [1.82, 2.24) is 9.88 Å². The van der Waals surface area contributed by atoms with Crippen LogP contribution in [-0.2, 0) is 6.54 Å². The van der Waals surface area contributed by atoms with Crippen LogP contribution >= 0.6 is 0 Å².